The zero-order chi connectivity index (χ0) is 17.6. The Morgan fingerprint density at radius 1 is 1.12 bits per heavy atom. The third-order valence-corrected chi connectivity index (χ3v) is 5.32. The third kappa shape index (κ3) is 4.04. The highest BCUT2D eigenvalue weighted by atomic mass is 16.2. The summed E-state index contributed by atoms with van der Waals surface area (Å²) in [6, 6.07) is 21.0. The number of hydrogen-bond acceptors (Lipinski definition) is 2. The van der Waals surface area contributed by atoms with Crippen LogP contribution in [-0.2, 0) is 4.79 Å². The fraction of sp³-hybridized carbons (Fsp3) is 0.409. The molecule has 0 aromatic heterocycles. The van der Waals surface area contributed by atoms with Crippen LogP contribution in [0.1, 0.15) is 37.7 Å². The number of piperidine rings is 1. The summed E-state index contributed by atoms with van der Waals surface area (Å²) in [5, 5.41) is 0. The second kappa shape index (κ2) is 8.19. The highest BCUT2D eigenvalue weighted by Gasteiger charge is 2.30. The molecule has 3 nitrogen and oxygen atoms in total. The normalized spacial score (nSPS) is 18.6. The summed E-state index contributed by atoms with van der Waals surface area (Å²) in [6.45, 7) is 4.08. The molecule has 2 aromatic rings. The smallest absolute Gasteiger partial charge is 0.230 e. The first-order valence-corrected chi connectivity index (χ1v) is 9.32. The number of nitrogens with zero attached hydrogens (tertiary/aromatic N) is 2. The van der Waals surface area contributed by atoms with Gasteiger partial charge in [-0.1, -0.05) is 55.5 Å². The van der Waals surface area contributed by atoms with Crippen LogP contribution in [0.25, 0.3) is 0 Å². The number of anilines is 1. The van der Waals surface area contributed by atoms with Crippen molar-refractivity contribution < 1.29 is 4.79 Å². The van der Waals surface area contributed by atoms with Crippen LogP contribution >= 0.6 is 0 Å². The molecule has 3 rings (SSSR count). The van der Waals surface area contributed by atoms with Gasteiger partial charge in [0.1, 0.15) is 0 Å². The zero-order valence-electron chi connectivity index (χ0n) is 15.3. The Hall–Kier alpha value is -2.29. The standard InChI is InChI=1S/C22H28N2O/c1-3-21(18-11-6-4-7-12-18)22(25)23(2)20-15-10-16-24(17-20)19-13-8-5-9-14-19/h4-9,11-14,20-21H,3,10,15-17H2,1-2H3. The quantitative estimate of drug-likeness (QED) is 0.812. The third-order valence-electron chi connectivity index (χ3n) is 5.32. The molecule has 0 N–H and O–H groups in total. The van der Waals surface area contributed by atoms with E-state index in [2.05, 4.69) is 48.2 Å². The predicted molar refractivity (Wildman–Crippen MR) is 104 cm³/mol. The van der Waals surface area contributed by atoms with E-state index in [-0.39, 0.29) is 17.9 Å². The van der Waals surface area contributed by atoms with Crippen molar-refractivity contribution >= 4 is 11.6 Å². The maximum Gasteiger partial charge on any atom is 0.230 e. The van der Waals surface area contributed by atoms with Crippen molar-refractivity contribution in [1.29, 1.82) is 0 Å². The first-order chi connectivity index (χ1) is 12.2. The van der Waals surface area contributed by atoms with Gasteiger partial charge in [0, 0.05) is 31.9 Å². The van der Waals surface area contributed by atoms with Crippen LogP contribution in [0, 0.1) is 0 Å². The number of amides is 1. The van der Waals surface area contributed by atoms with Crippen molar-refractivity contribution in [1.82, 2.24) is 4.90 Å². The topological polar surface area (TPSA) is 23.6 Å². The monoisotopic (exact) mass is 336 g/mol. The number of benzene rings is 2. The summed E-state index contributed by atoms with van der Waals surface area (Å²) in [6.07, 6.45) is 3.04. The first-order valence-electron chi connectivity index (χ1n) is 9.32. The summed E-state index contributed by atoms with van der Waals surface area (Å²) in [7, 11) is 1.98. The van der Waals surface area contributed by atoms with Gasteiger partial charge in [0.05, 0.1) is 5.92 Å². The number of hydrogen-bond donors (Lipinski definition) is 0. The molecule has 0 aliphatic carbocycles. The molecule has 0 radical (unpaired) electrons. The van der Waals surface area contributed by atoms with E-state index >= 15 is 0 Å². The molecule has 0 saturated carbocycles. The van der Waals surface area contributed by atoms with E-state index in [0.29, 0.717) is 0 Å². The molecule has 1 aliphatic rings. The molecule has 1 saturated heterocycles. The zero-order valence-corrected chi connectivity index (χ0v) is 15.3. The minimum atomic E-state index is -0.0432. The number of rotatable bonds is 5. The molecule has 3 heteroatoms. The molecular formula is C22H28N2O. The number of likely N-dealkylation sites (N-methyl/N-ethyl adjacent to an activating group) is 1. The lowest BCUT2D eigenvalue weighted by molar-refractivity contribution is -0.133. The second-order valence-corrected chi connectivity index (χ2v) is 6.90. The lowest BCUT2D eigenvalue weighted by Gasteiger charge is -2.40. The van der Waals surface area contributed by atoms with Gasteiger partial charge in [-0.05, 0) is 37.0 Å². The molecule has 1 heterocycles. The van der Waals surface area contributed by atoms with Crippen molar-refractivity contribution in [3.63, 3.8) is 0 Å². The van der Waals surface area contributed by atoms with Crippen molar-refractivity contribution in [2.45, 2.75) is 38.1 Å². The average molecular weight is 336 g/mol. The number of para-hydroxylation sites is 1. The van der Waals surface area contributed by atoms with Crippen molar-refractivity contribution in [3.8, 4) is 0 Å². The molecule has 2 aromatic carbocycles. The Labute approximate surface area is 151 Å². The van der Waals surface area contributed by atoms with E-state index in [9.17, 15) is 4.79 Å². The van der Waals surface area contributed by atoms with Gasteiger partial charge in [0.15, 0.2) is 0 Å². The SMILES string of the molecule is CCC(C(=O)N(C)C1CCCN(c2ccccc2)C1)c1ccccc1. The molecule has 1 amide bonds. The molecule has 1 fully saturated rings. The summed E-state index contributed by atoms with van der Waals surface area (Å²) in [5.41, 5.74) is 2.38. The van der Waals surface area contributed by atoms with Crippen LogP contribution in [-0.4, -0.2) is 37.0 Å². The Morgan fingerprint density at radius 3 is 2.40 bits per heavy atom. The van der Waals surface area contributed by atoms with Crippen LogP contribution < -0.4 is 4.90 Å². The minimum absolute atomic E-state index is 0.0432. The van der Waals surface area contributed by atoms with Crippen molar-refractivity contribution in [3.05, 3.63) is 66.2 Å². The second-order valence-electron chi connectivity index (χ2n) is 6.90. The Kier molecular flexibility index (Phi) is 5.75. The molecular weight excluding hydrogens is 308 g/mol. The minimum Gasteiger partial charge on any atom is -0.369 e. The highest BCUT2D eigenvalue weighted by Crippen LogP contribution is 2.26. The van der Waals surface area contributed by atoms with Crippen LogP contribution in [0.2, 0.25) is 0 Å². The fourth-order valence-corrected chi connectivity index (χ4v) is 3.81. The van der Waals surface area contributed by atoms with E-state index in [4.69, 9.17) is 0 Å². The van der Waals surface area contributed by atoms with E-state index in [1.807, 2.05) is 36.2 Å². The maximum atomic E-state index is 13.1. The molecule has 0 bridgehead atoms. The van der Waals surface area contributed by atoms with Crippen LogP contribution in [0.15, 0.2) is 60.7 Å². The van der Waals surface area contributed by atoms with E-state index in [0.717, 1.165) is 37.9 Å². The van der Waals surface area contributed by atoms with Gasteiger partial charge in [0.25, 0.3) is 0 Å². The molecule has 0 spiro atoms. The van der Waals surface area contributed by atoms with Crippen molar-refractivity contribution in [2.75, 3.05) is 25.0 Å². The highest BCUT2D eigenvalue weighted by molar-refractivity contribution is 5.83. The van der Waals surface area contributed by atoms with E-state index < -0.39 is 0 Å². The van der Waals surface area contributed by atoms with Gasteiger partial charge < -0.3 is 9.80 Å². The summed E-state index contributed by atoms with van der Waals surface area (Å²) in [5.74, 6) is 0.201. The molecule has 25 heavy (non-hydrogen) atoms. The van der Waals surface area contributed by atoms with Gasteiger partial charge in [-0.15, -0.1) is 0 Å². The number of carbonyl (C=O) groups excluding carboxylic acids is 1. The van der Waals surface area contributed by atoms with Crippen LogP contribution in [0.5, 0.6) is 0 Å². The number of carbonyl (C=O) groups is 1. The Morgan fingerprint density at radius 2 is 1.76 bits per heavy atom. The lowest BCUT2D eigenvalue weighted by Crippen LogP contribution is -2.49. The van der Waals surface area contributed by atoms with Gasteiger partial charge in [-0.25, -0.2) is 0 Å². The van der Waals surface area contributed by atoms with Crippen LogP contribution in [0.3, 0.4) is 0 Å². The summed E-state index contributed by atoms with van der Waals surface area (Å²) < 4.78 is 0. The van der Waals surface area contributed by atoms with Gasteiger partial charge >= 0.3 is 0 Å². The Bertz CT molecular complexity index is 671. The van der Waals surface area contributed by atoms with E-state index in [1.54, 1.807) is 0 Å². The van der Waals surface area contributed by atoms with Crippen molar-refractivity contribution in [2.24, 2.45) is 0 Å². The van der Waals surface area contributed by atoms with Crippen LogP contribution in [0.4, 0.5) is 5.69 Å². The largest absolute Gasteiger partial charge is 0.369 e. The summed E-state index contributed by atoms with van der Waals surface area (Å²) in [4.78, 5) is 17.5. The first kappa shape index (κ1) is 17.5. The Balaban J connectivity index is 1.71. The average Bonchev–Trinajstić information content (AvgIpc) is 2.69. The lowest BCUT2D eigenvalue weighted by atomic mass is 9.93. The molecule has 132 valence electrons. The molecule has 1 aliphatic heterocycles. The van der Waals surface area contributed by atoms with E-state index in [1.165, 1.54) is 5.69 Å². The van der Waals surface area contributed by atoms with Gasteiger partial charge in [-0.2, -0.15) is 0 Å². The van der Waals surface area contributed by atoms with Gasteiger partial charge in [-0.3, -0.25) is 4.79 Å². The summed E-state index contributed by atoms with van der Waals surface area (Å²) >= 11 is 0. The molecule has 2 unspecified atom stereocenters. The maximum absolute atomic E-state index is 13.1. The fourth-order valence-electron chi connectivity index (χ4n) is 3.81. The molecule has 2 atom stereocenters. The predicted octanol–water partition coefficient (Wildman–Crippen LogP) is 4.31. The van der Waals surface area contributed by atoms with Gasteiger partial charge in [0.2, 0.25) is 5.91 Å².